The first-order valence-corrected chi connectivity index (χ1v) is 7.28. The average molecular weight is 292 g/mol. The predicted molar refractivity (Wildman–Crippen MR) is 87.6 cm³/mol. The summed E-state index contributed by atoms with van der Waals surface area (Å²) < 4.78 is 0. The molecule has 0 aliphatic heterocycles. The first kappa shape index (κ1) is 16.6. The highest BCUT2D eigenvalue weighted by Crippen LogP contribution is 2.25. The summed E-state index contributed by atoms with van der Waals surface area (Å²) in [6, 6.07) is 9.41. The van der Waals surface area contributed by atoms with Crippen LogP contribution in [0.25, 0.3) is 0 Å². The molecular weight excluding hydrogens is 268 g/mol. The summed E-state index contributed by atoms with van der Waals surface area (Å²) in [7, 11) is 0. The Morgan fingerprint density at radius 3 is 2.30 bits per heavy atom. The molecule has 0 saturated heterocycles. The second kappa shape index (κ2) is 6.84. The second-order valence-electron chi connectivity index (χ2n) is 6.11. The molecule has 1 unspecified atom stereocenters. The van der Waals surface area contributed by atoms with Gasteiger partial charge in [-0.1, -0.05) is 70.2 Å². The Labute approximate surface area is 126 Å². The fourth-order valence-electron chi connectivity index (χ4n) is 1.71. The number of rotatable bonds is 6. The van der Waals surface area contributed by atoms with E-state index in [1.165, 1.54) is 0 Å². The maximum atomic E-state index is 12.4. The van der Waals surface area contributed by atoms with Crippen molar-refractivity contribution in [2.24, 2.45) is 17.1 Å². The number of thiocarbonyl (C=S) groups is 1. The summed E-state index contributed by atoms with van der Waals surface area (Å²) in [6.07, 6.45) is 0. The summed E-state index contributed by atoms with van der Waals surface area (Å²) in [5.74, 6) is -0.214. The van der Waals surface area contributed by atoms with E-state index in [0.29, 0.717) is 12.5 Å². The Bertz CT molecular complexity index is 469. The minimum absolute atomic E-state index is 0.0348. The van der Waals surface area contributed by atoms with E-state index in [0.717, 1.165) is 5.56 Å². The van der Waals surface area contributed by atoms with Crippen molar-refractivity contribution in [1.29, 1.82) is 0 Å². The van der Waals surface area contributed by atoms with Crippen molar-refractivity contribution in [3.05, 3.63) is 35.9 Å². The second-order valence-corrected chi connectivity index (χ2v) is 6.58. The third-order valence-corrected chi connectivity index (χ3v) is 4.20. The molecule has 110 valence electrons. The van der Waals surface area contributed by atoms with Crippen LogP contribution in [0.15, 0.2) is 30.3 Å². The quantitative estimate of drug-likeness (QED) is 0.793. The number of hydrogen-bond acceptors (Lipinski definition) is 2. The molecule has 3 nitrogen and oxygen atoms in total. The highest BCUT2D eigenvalue weighted by molar-refractivity contribution is 7.80. The molecule has 1 amide bonds. The number of carbonyl (C=O) groups is 1. The minimum atomic E-state index is -0.561. The smallest absolute Gasteiger partial charge is 0.234 e. The number of benzene rings is 1. The summed E-state index contributed by atoms with van der Waals surface area (Å²) in [6.45, 7) is 9.17. The van der Waals surface area contributed by atoms with Crippen molar-refractivity contribution < 1.29 is 4.79 Å². The molecule has 1 aromatic rings. The van der Waals surface area contributed by atoms with Crippen LogP contribution in [0.2, 0.25) is 0 Å². The molecule has 1 rings (SSSR count). The normalized spacial score (nSPS) is 13.1. The Morgan fingerprint density at radius 2 is 1.85 bits per heavy atom. The minimum Gasteiger partial charge on any atom is -0.392 e. The van der Waals surface area contributed by atoms with Crippen molar-refractivity contribution in [2.45, 2.75) is 33.6 Å². The summed E-state index contributed by atoms with van der Waals surface area (Å²) in [5, 5.41) is 2.98. The largest absolute Gasteiger partial charge is 0.392 e. The van der Waals surface area contributed by atoms with E-state index in [-0.39, 0.29) is 16.3 Å². The van der Waals surface area contributed by atoms with Crippen LogP contribution in [0.3, 0.4) is 0 Å². The third-order valence-electron chi connectivity index (χ3n) is 3.96. The molecule has 0 radical (unpaired) electrons. The van der Waals surface area contributed by atoms with E-state index in [1.807, 2.05) is 30.3 Å². The van der Waals surface area contributed by atoms with E-state index >= 15 is 0 Å². The van der Waals surface area contributed by atoms with E-state index in [9.17, 15) is 4.79 Å². The van der Waals surface area contributed by atoms with Gasteiger partial charge in [0, 0.05) is 6.54 Å². The van der Waals surface area contributed by atoms with Crippen LogP contribution in [0, 0.1) is 11.3 Å². The molecule has 20 heavy (non-hydrogen) atoms. The lowest BCUT2D eigenvalue weighted by Gasteiger charge is -2.30. The number of hydrogen-bond donors (Lipinski definition) is 2. The molecule has 0 fully saturated rings. The van der Waals surface area contributed by atoms with E-state index in [1.54, 1.807) is 0 Å². The first-order valence-electron chi connectivity index (χ1n) is 6.87. The molecule has 0 aliphatic rings. The molecule has 4 heteroatoms. The summed E-state index contributed by atoms with van der Waals surface area (Å²) in [5.41, 5.74) is 6.61. The van der Waals surface area contributed by atoms with Gasteiger partial charge >= 0.3 is 0 Å². The highest BCUT2D eigenvalue weighted by atomic mass is 32.1. The number of amides is 1. The molecule has 0 bridgehead atoms. The highest BCUT2D eigenvalue weighted by Gasteiger charge is 2.27. The number of nitrogens with two attached hydrogens (primary N) is 1. The topological polar surface area (TPSA) is 55.1 Å². The van der Waals surface area contributed by atoms with Gasteiger partial charge in [0.05, 0.1) is 4.99 Å². The first-order chi connectivity index (χ1) is 9.25. The maximum absolute atomic E-state index is 12.4. The van der Waals surface area contributed by atoms with Gasteiger partial charge in [-0.25, -0.2) is 0 Å². The average Bonchev–Trinajstić information content (AvgIpc) is 2.37. The number of nitrogens with one attached hydrogen (secondary N) is 1. The van der Waals surface area contributed by atoms with Gasteiger partial charge in [-0.3, -0.25) is 4.79 Å². The van der Waals surface area contributed by atoms with Crippen molar-refractivity contribution >= 4 is 23.1 Å². The van der Waals surface area contributed by atoms with Crippen LogP contribution in [0.5, 0.6) is 0 Å². The Balaban J connectivity index is 2.80. The Morgan fingerprint density at radius 1 is 1.30 bits per heavy atom. The molecule has 1 aromatic carbocycles. The van der Waals surface area contributed by atoms with Crippen LogP contribution >= 0.6 is 12.2 Å². The molecule has 3 N–H and O–H groups in total. The SMILES string of the molecule is CC(C)C(C)(C)CNC(=O)C(C(N)=S)c1ccccc1. The van der Waals surface area contributed by atoms with E-state index in [2.05, 4.69) is 33.0 Å². The standard InChI is InChI=1S/C16H24N2OS/c1-11(2)16(3,4)10-18-15(19)13(14(17)20)12-8-6-5-7-9-12/h5-9,11,13H,10H2,1-4H3,(H2,17,20)(H,18,19). The molecule has 0 aromatic heterocycles. The van der Waals surface area contributed by atoms with Crippen molar-refractivity contribution in [3.8, 4) is 0 Å². The fraction of sp³-hybridized carbons (Fsp3) is 0.500. The number of carbonyl (C=O) groups excluding carboxylic acids is 1. The van der Waals surface area contributed by atoms with Crippen LogP contribution in [0.4, 0.5) is 0 Å². The third kappa shape index (κ3) is 4.30. The molecule has 1 atom stereocenters. The fourth-order valence-corrected chi connectivity index (χ4v) is 1.95. The lowest BCUT2D eigenvalue weighted by Crippen LogP contribution is -2.42. The van der Waals surface area contributed by atoms with Gasteiger partial charge in [0.2, 0.25) is 5.91 Å². The van der Waals surface area contributed by atoms with Crippen LogP contribution in [-0.2, 0) is 4.79 Å². The lowest BCUT2D eigenvalue weighted by molar-refractivity contribution is -0.121. The molecule has 0 spiro atoms. The zero-order chi connectivity index (χ0) is 15.3. The molecule has 0 heterocycles. The van der Waals surface area contributed by atoms with Gasteiger partial charge in [0.1, 0.15) is 5.92 Å². The van der Waals surface area contributed by atoms with Gasteiger partial charge < -0.3 is 11.1 Å². The van der Waals surface area contributed by atoms with Crippen LogP contribution in [-0.4, -0.2) is 17.4 Å². The van der Waals surface area contributed by atoms with Gasteiger partial charge in [0.15, 0.2) is 0 Å². The predicted octanol–water partition coefficient (Wildman–Crippen LogP) is 2.85. The van der Waals surface area contributed by atoms with Gasteiger partial charge in [-0.15, -0.1) is 0 Å². The molecule has 0 aliphatic carbocycles. The van der Waals surface area contributed by atoms with E-state index < -0.39 is 5.92 Å². The molecule has 0 saturated carbocycles. The van der Waals surface area contributed by atoms with Crippen molar-refractivity contribution in [3.63, 3.8) is 0 Å². The monoisotopic (exact) mass is 292 g/mol. The summed E-state index contributed by atoms with van der Waals surface area (Å²) >= 11 is 5.05. The van der Waals surface area contributed by atoms with Crippen LogP contribution < -0.4 is 11.1 Å². The zero-order valence-corrected chi connectivity index (χ0v) is 13.5. The van der Waals surface area contributed by atoms with Crippen LogP contribution in [0.1, 0.15) is 39.2 Å². The van der Waals surface area contributed by atoms with Gasteiger partial charge in [0.25, 0.3) is 0 Å². The maximum Gasteiger partial charge on any atom is 0.234 e. The lowest BCUT2D eigenvalue weighted by atomic mass is 9.81. The Hall–Kier alpha value is -1.42. The van der Waals surface area contributed by atoms with E-state index in [4.69, 9.17) is 18.0 Å². The summed E-state index contributed by atoms with van der Waals surface area (Å²) in [4.78, 5) is 12.6. The van der Waals surface area contributed by atoms with Crippen molar-refractivity contribution in [2.75, 3.05) is 6.54 Å². The van der Waals surface area contributed by atoms with Gasteiger partial charge in [-0.2, -0.15) is 0 Å². The van der Waals surface area contributed by atoms with Crippen molar-refractivity contribution in [1.82, 2.24) is 5.32 Å². The van der Waals surface area contributed by atoms with Gasteiger partial charge in [-0.05, 0) is 16.9 Å². The zero-order valence-electron chi connectivity index (χ0n) is 12.6. The molecular formula is C16H24N2OS. The Kier molecular flexibility index (Phi) is 5.69.